The van der Waals surface area contributed by atoms with Gasteiger partial charge in [-0.1, -0.05) is 57.7 Å². The molecule has 0 saturated carbocycles. The van der Waals surface area contributed by atoms with Gasteiger partial charge in [-0.3, -0.25) is 4.79 Å². The van der Waals surface area contributed by atoms with E-state index in [1.165, 1.54) is 19.1 Å². The summed E-state index contributed by atoms with van der Waals surface area (Å²) in [6, 6.07) is 6.06. The average Bonchev–Trinajstić information content (AvgIpc) is 3.08. The van der Waals surface area contributed by atoms with Gasteiger partial charge in [-0.2, -0.15) is 13.2 Å². The van der Waals surface area contributed by atoms with E-state index in [0.29, 0.717) is 0 Å². The molecule has 0 saturated heterocycles. The van der Waals surface area contributed by atoms with Crippen molar-refractivity contribution in [3.05, 3.63) is 67.4 Å². The number of hydrogen-bond acceptors (Lipinski definition) is 5. The summed E-state index contributed by atoms with van der Waals surface area (Å²) in [6.45, 7) is 1.36. The van der Waals surface area contributed by atoms with Gasteiger partial charge in [-0.15, -0.1) is 5.10 Å². The second-order valence-electron chi connectivity index (χ2n) is 6.21. The van der Waals surface area contributed by atoms with E-state index < -0.39 is 44.1 Å². The second kappa shape index (κ2) is 8.71. The van der Waals surface area contributed by atoms with Gasteiger partial charge in [0.15, 0.2) is 11.4 Å². The molecule has 0 spiro atoms. The summed E-state index contributed by atoms with van der Waals surface area (Å²) >= 11 is 23.6. The zero-order chi connectivity index (χ0) is 24.0. The molecule has 7 nitrogen and oxygen atoms in total. The predicted molar refractivity (Wildman–Crippen MR) is 112 cm³/mol. The number of halogens is 7. The molecule has 0 unspecified atom stereocenters. The fourth-order valence-electron chi connectivity index (χ4n) is 2.69. The lowest BCUT2D eigenvalue weighted by atomic mass is 10.2. The van der Waals surface area contributed by atoms with Crippen molar-refractivity contribution < 1.29 is 26.4 Å². The molecule has 2 aromatic carbocycles. The largest absolute Gasteiger partial charge is 0.435 e. The SMILES string of the molecule is Cc1c(Cl)cccc1S(=O)(=O)NC(=O)c1nnn(-c2c(Cl)cc(Cl)cc2Cl)c1C(F)(F)F. The second-order valence-corrected chi connectivity index (χ2v) is 9.52. The Bertz CT molecular complexity index is 1320. The van der Waals surface area contributed by atoms with Crippen LogP contribution in [-0.4, -0.2) is 29.3 Å². The summed E-state index contributed by atoms with van der Waals surface area (Å²) in [7, 11) is -4.60. The molecule has 32 heavy (non-hydrogen) atoms. The van der Waals surface area contributed by atoms with Crippen molar-refractivity contribution in [2.45, 2.75) is 18.0 Å². The summed E-state index contributed by atoms with van der Waals surface area (Å²) in [4.78, 5) is 12.1. The van der Waals surface area contributed by atoms with Crippen molar-refractivity contribution in [1.29, 1.82) is 0 Å². The zero-order valence-corrected chi connectivity index (χ0v) is 19.3. The highest BCUT2D eigenvalue weighted by Crippen LogP contribution is 2.38. The minimum atomic E-state index is -5.20. The molecule has 170 valence electrons. The molecule has 0 atom stereocenters. The number of hydrogen-bond donors (Lipinski definition) is 1. The molecule has 0 radical (unpaired) electrons. The van der Waals surface area contributed by atoms with Crippen LogP contribution in [-0.2, 0) is 16.2 Å². The Balaban J connectivity index is 2.12. The van der Waals surface area contributed by atoms with Crippen molar-refractivity contribution in [3.8, 4) is 5.69 Å². The van der Waals surface area contributed by atoms with Crippen LogP contribution in [0.15, 0.2) is 35.2 Å². The van der Waals surface area contributed by atoms with Crippen LogP contribution in [0.4, 0.5) is 13.2 Å². The van der Waals surface area contributed by atoms with Gasteiger partial charge in [0.25, 0.3) is 15.9 Å². The number of carbonyl (C=O) groups excluding carboxylic acids is 1. The van der Waals surface area contributed by atoms with Gasteiger partial charge in [0.2, 0.25) is 0 Å². The number of sulfonamides is 1. The van der Waals surface area contributed by atoms with E-state index in [9.17, 15) is 26.4 Å². The minimum absolute atomic E-state index is 0.0402. The van der Waals surface area contributed by atoms with E-state index in [-0.39, 0.29) is 30.3 Å². The molecule has 1 amide bonds. The van der Waals surface area contributed by atoms with Gasteiger partial charge in [-0.05, 0) is 36.8 Å². The van der Waals surface area contributed by atoms with E-state index in [2.05, 4.69) is 10.3 Å². The molecular weight excluding hydrogens is 539 g/mol. The molecule has 3 rings (SSSR count). The quantitative estimate of drug-likeness (QED) is 0.476. The van der Waals surface area contributed by atoms with Gasteiger partial charge >= 0.3 is 6.18 Å². The number of alkyl halides is 3. The van der Waals surface area contributed by atoms with Crippen LogP contribution < -0.4 is 4.72 Å². The van der Waals surface area contributed by atoms with Gasteiger partial charge < -0.3 is 0 Å². The molecular formula is C17H9Cl4F3N4O3S. The number of carbonyl (C=O) groups is 1. The van der Waals surface area contributed by atoms with Crippen LogP contribution in [0.3, 0.4) is 0 Å². The smallest absolute Gasteiger partial charge is 0.266 e. The topological polar surface area (TPSA) is 93.9 Å². The summed E-state index contributed by atoms with van der Waals surface area (Å²) in [5.41, 5.74) is -3.37. The summed E-state index contributed by atoms with van der Waals surface area (Å²) in [5.74, 6) is -1.68. The van der Waals surface area contributed by atoms with E-state index in [0.717, 1.165) is 18.2 Å². The van der Waals surface area contributed by atoms with Crippen molar-refractivity contribution in [2.75, 3.05) is 0 Å². The first-order valence-corrected chi connectivity index (χ1v) is 11.2. The van der Waals surface area contributed by atoms with Crippen LogP contribution in [0.2, 0.25) is 20.1 Å². The van der Waals surface area contributed by atoms with Crippen molar-refractivity contribution >= 4 is 62.3 Å². The number of nitrogens with zero attached hydrogens (tertiary/aromatic N) is 3. The molecule has 15 heteroatoms. The van der Waals surface area contributed by atoms with Gasteiger partial charge in [0.05, 0.1) is 14.9 Å². The average molecular weight is 548 g/mol. The molecule has 0 aliphatic heterocycles. The van der Waals surface area contributed by atoms with Gasteiger partial charge in [0, 0.05) is 10.0 Å². The number of amides is 1. The van der Waals surface area contributed by atoms with Crippen LogP contribution in [0.1, 0.15) is 21.7 Å². The Morgan fingerprint density at radius 3 is 2.22 bits per heavy atom. The Labute approximate surface area is 199 Å². The third-order valence-electron chi connectivity index (χ3n) is 4.08. The summed E-state index contributed by atoms with van der Waals surface area (Å²) < 4.78 is 68.4. The maximum Gasteiger partial charge on any atom is 0.435 e. The predicted octanol–water partition coefficient (Wildman–Crippen LogP) is 5.33. The third-order valence-corrected chi connectivity index (χ3v) is 6.76. The van der Waals surface area contributed by atoms with E-state index in [4.69, 9.17) is 46.4 Å². The lowest BCUT2D eigenvalue weighted by molar-refractivity contribution is -0.143. The van der Waals surface area contributed by atoms with Gasteiger partial charge in [-0.25, -0.2) is 17.8 Å². The maximum absolute atomic E-state index is 13.8. The highest BCUT2D eigenvalue weighted by molar-refractivity contribution is 7.90. The highest BCUT2D eigenvalue weighted by atomic mass is 35.5. The lowest BCUT2D eigenvalue weighted by Gasteiger charge is -2.14. The maximum atomic E-state index is 13.8. The van der Waals surface area contributed by atoms with E-state index in [1.54, 1.807) is 4.72 Å². The third kappa shape index (κ3) is 4.67. The van der Waals surface area contributed by atoms with Crippen molar-refractivity contribution in [3.63, 3.8) is 0 Å². The summed E-state index contributed by atoms with van der Waals surface area (Å²) in [5, 5.41) is 6.03. The van der Waals surface area contributed by atoms with Crippen molar-refractivity contribution in [1.82, 2.24) is 19.7 Å². The Hall–Kier alpha value is -2.05. The molecule has 1 N–H and O–H groups in total. The molecule has 0 aliphatic carbocycles. The van der Waals surface area contributed by atoms with E-state index in [1.807, 2.05) is 0 Å². The number of aromatic nitrogens is 3. The molecule has 0 aliphatic rings. The first kappa shape index (κ1) is 24.6. The lowest BCUT2D eigenvalue weighted by Crippen LogP contribution is -2.33. The van der Waals surface area contributed by atoms with E-state index >= 15 is 0 Å². The monoisotopic (exact) mass is 546 g/mol. The first-order chi connectivity index (χ1) is 14.7. The van der Waals surface area contributed by atoms with Crippen molar-refractivity contribution in [2.24, 2.45) is 0 Å². The molecule has 0 fully saturated rings. The molecule has 1 aromatic heterocycles. The zero-order valence-electron chi connectivity index (χ0n) is 15.5. The van der Waals surface area contributed by atoms with Crippen LogP contribution in [0.25, 0.3) is 5.69 Å². The fraction of sp³-hybridized carbons (Fsp3) is 0.118. The molecule has 1 heterocycles. The normalized spacial score (nSPS) is 12.1. The fourth-order valence-corrected chi connectivity index (χ4v) is 5.12. The first-order valence-electron chi connectivity index (χ1n) is 8.24. The molecule has 3 aromatic rings. The Kier molecular flexibility index (Phi) is 6.69. The van der Waals surface area contributed by atoms with Gasteiger partial charge in [0.1, 0.15) is 5.69 Å². The Morgan fingerprint density at radius 2 is 1.66 bits per heavy atom. The standard InChI is InChI=1S/C17H9Cl4F3N4O3S/c1-7-9(19)3-2-4-12(7)32(30,31)26-16(29)13-15(17(22,23)24)28(27-25-13)14-10(20)5-8(18)6-11(14)21/h2-6H,1H3,(H,26,29). The molecule has 0 bridgehead atoms. The van der Waals surface area contributed by atoms with Crippen LogP contribution >= 0.6 is 46.4 Å². The highest BCUT2D eigenvalue weighted by Gasteiger charge is 2.43. The Morgan fingerprint density at radius 1 is 1.06 bits per heavy atom. The number of nitrogens with one attached hydrogen (secondary N) is 1. The summed E-state index contributed by atoms with van der Waals surface area (Å²) in [6.07, 6.45) is -5.20. The number of benzene rings is 2. The minimum Gasteiger partial charge on any atom is -0.266 e. The number of rotatable bonds is 4. The van der Waals surface area contributed by atoms with Crippen LogP contribution in [0, 0.1) is 6.92 Å². The van der Waals surface area contributed by atoms with Crippen LogP contribution in [0.5, 0.6) is 0 Å².